The maximum absolute atomic E-state index is 5.93. The minimum absolute atomic E-state index is 0.304. The normalized spacial score (nSPS) is 12.6. The lowest BCUT2D eigenvalue weighted by Gasteiger charge is -2.17. The van der Waals surface area contributed by atoms with Crippen LogP contribution in [0, 0.1) is 6.92 Å². The number of rotatable bonds is 5. The molecule has 0 aliphatic rings. The molecular weight excluding hydrogens is 264 g/mol. The first kappa shape index (κ1) is 13.5. The van der Waals surface area contributed by atoms with Crippen LogP contribution in [-0.4, -0.2) is 11.5 Å². The van der Waals surface area contributed by atoms with Crippen molar-refractivity contribution in [3.8, 4) is 0 Å². The van der Waals surface area contributed by atoms with Gasteiger partial charge in [-0.05, 0) is 31.2 Å². The van der Waals surface area contributed by atoms with E-state index < -0.39 is 0 Å². The molecule has 0 fully saturated rings. The Labute approximate surface area is 117 Å². The van der Waals surface area contributed by atoms with Crippen LogP contribution < -0.4 is 5.32 Å². The second kappa shape index (κ2) is 6.32. The molecule has 0 saturated heterocycles. The highest BCUT2D eigenvalue weighted by Gasteiger charge is 2.13. The molecule has 1 heterocycles. The van der Waals surface area contributed by atoms with Crippen molar-refractivity contribution < 1.29 is 0 Å². The van der Waals surface area contributed by atoms with Gasteiger partial charge in [-0.2, -0.15) is 0 Å². The highest BCUT2D eigenvalue weighted by Crippen LogP contribution is 2.22. The quantitative estimate of drug-likeness (QED) is 0.895. The van der Waals surface area contributed by atoms with Crippen molar-refractivity contribution in [1.82, 2.24) is 10.3 Å². The molecule has 2 nitrogen and oxygen atoms in total. The standard InChI is InChI=1S/C14H17ClN2S/c1-3-16-13(8-14-17-10(2)9-18-14)11-4-6-12(15)7-5-11/h4-7,9,13,16H,3,8H2,1-2H3. The third kappa shape index (κ3) is 3.55. The summed E-state index contributed by atoms with van der Waals surface area (Å²) in [7, 11) is 0. The van der Waals surface area contributed by atoms with Gasteiger partial charge in [0, 0.05) is 28.6 Å². The largest absolute Gasteiger partial charge is 0.310 e. The van der Waals surface area contributed by atoms with Gasteiger partial charge in [-0.3, -0.25) is 0 Å². The van der Waals surface area contributed by atoms with Gasteiger partial charge in [-0.1, -0.05) is 30.7 Å². The number of nitrogens with zero attached hydrogens (tertiary/aromatic N) is 1. The Morgan fingerprint density at radius 3 is 2.61 bits per heavy atom. The van der Waals surface area contributed by atoms with E-state index in [1.54, 1.807) is 11.3 Å². The molecule has 96 valence electrons. The molecular formula is C14H17ClN2S. The van der Waals surface area contributed by atoms with E-state index in [0.29, 0.717) is 6.04 Å². The third-order valence-corrected chi connectivity index (χ3v) is 4.01. The summed E-state index contributed by atoms with van der Waals surface area (Å²) in [4.78, 5) is 4.53. The number of benzene rings is 1. The molecule has 1 N–H and O–H groups in total. The first-order valence-corrected chi connectivity index (χ1v) is 7.34. The molecule has 2 aromatic rings. The summed E-state index contributed by atoms with van der Waals surface area (Å²) in [5.41, 5.74) is 2.36. The van der Waals surface area contributed by atoms with E-state index in [0.717, 1.165) is 23.7 Å². The van der Waals surface area contributed by atoms with Gasteiger partial charge >= 0.3 is 0 Å². The molecule has 1 aromatic heterocycles. The van der Waals surface area contributed by atoms with Gasteiger partial charge in [0.1, 0.15) is 0 Å². The molecule has 0 saturated carbocycles. The van der Waals surface area contributed by atoms with Crippen molar-refractivity contribution in [2.45, 2.75) is 26.3 Å². The predicted octanol–water partition coefficient (Wildman–Crippen LogP) is 4.00. The first-order valence-electron chi connectivity index (χ1n) is 6.09. The Bertz CT molecular complexity index is 493. The maximum atomic E-state index is 5.93. The zero-order chi connectivity index (χ0) is 13.0. The van der Waals surface area contributed by atoms with Gasteiger partial charge in [0.2, 0.25) is 0 Å². The average molecular weight is 281 g/mol. The molecule has 18 heavy (non-hydrogen) atoms. The number of aryl methyl sites for hydroxylation is 1. The summed E-state index contributed by atoms with van der Waals surface area (Å²) in [6, 6.07) is 8.34. The number of likely N-dealkylation sites (N-methyl/N-ethyl adjacent to an activating group) is 1. The second-order valence-corrected chi connectivity index (χ2v) is 5.63. The molecule has 1 unspecified atom stereocenters. The van der Waals surface area contributed by atoms with Gasteiger partial charge in [-0.15, -0.1) is 11.3 Å². The fraction of sp³-hybridized carbons (Fsp3) is 0.357. The van der Waals surface area contributed by atoms with Crippen molar-refractivity contribution in [3.05, 3.63) is 50.9 Å². The highest BCUT2D eigenvalue weighted by atomic mass is 35.5. The summed E-state index contributed by atoms with van der Waals surface area (Å²) in [6.07, 6.45) is 0.925. The van der Waals surface area contributed by atoms with Crippen molar-refractivity contribution in [3.63, 3.8) is 0 Å². The summed E-state index contributed by atoms with van der Waals surface area (Å²) >= 11 is 7.65. The molecule has 1 aromatic carbocycles. The topological polar surface area (TPSA) is 24.9 Å². The van der Waals surface area contributed by atoms with E-state index in [2.05, 4.69) is 34.7 Å². The predicted molar refractivity (Wildman–Crippen MR) is 78.4 cm³/mol. The number of thiazole rings is 1. The van der Waals surface area contributed by atoms with Crippen LogP contribution in [0.5, 0.6) is 0 Å². The average Bonchev–Trinajstić information content (AvgIpc) is 2.75. The van der Waals surface area contributed by atoms with Crippen molar-refractivity contribution in [2.75, 3.05) is 6.54 Å². The molecule has 0 aliphatic carbocycles. The molecule has 0 amide bonds. The van der Waals surface area contributed by atoms with Crippen LogP contribution in [-0.2, 0) is 6.42 Å². The van der Waals surface area contributed by atoms with Crippen molar-refractivity contribution >= 4 is 22.9 Å². The van der Waals surface area contributed by atoms with Gasteiger partial charge in [0.15, 0.2) is 0 Å². The van der Waals surface area contributed by atoms with Crippen LogP contribution in [0.3, 0.4) is 0 Å². The zero-order valence-corrected chi connectivity index (χ0v) is 12.2. The van der Waals surface area contributed by atoms with Crippen LogP contribution in [0.1, 0.15) is 29.2 Å². The van der Waals surface area contributed by atoms with Crippen LogP contribution in [0.2, 0.25) is 5.02 Å². The smallest absolute Gasteiger partial charge is 0.0947 e. The zero-order valence-electron chi connectivity index (χ0n) is 10.6. The Morgan fingerprint density at radius 1 is 1.33 bits per heavy atom. The van der Waals surface area contributed by atoms with E-state index in [4.69, 9.17) is 11.6 Å². The molecule has 0 bridgehead atoms. The van der Waals surface area contributed by atoms with Gasteiger partial charge in [0.25, 0.3) is 0 Å². The van der Waals surface area contributed by atoms with E-state index in [9.17, 15) is 0 Å². The summed E-state index contributed by atoms with van der Waals surface area (Å²) in [5.74, 6) is 0. The highest BCUT2D eigenvalue weighted by molar-refractivity contribution is 7.09. The van der Waals surface area contributed by atoms with E-state index in [1.165, 1.54) is 10.6 Å². The van der Waals surface area contributed by atoms with Gasteiger partial charge in [-0.25, -0.2) is 4.98 Å². The van der Waals surface area contributed by atoms with Crippen molar-refractivity contribution in [2.24, 2.45) is 0 Å². The summed E-state index contributed by atoms with van der Waals surface area (Å²) in [5, 5.41) is 7.55. The van der Waals surface area contributed by atoms with Crippen LogP contribution in [0.25, 0.3) is 0 Å². The molecule has 0 radical (unpaired) electrons. The lowest BCUT2D eigenvalue weighted by molar-refractivity contribution is 0.548. The second-order valence-electron chi connectivity index (χ2n) is 4.25. The monoisotopic (exact) mass is 280 g/mol. The van der Waals surface area contributed by atoms with E-state index in [-0.39, 0.29) is 0 Å². The van der Waals surface area contributed by atoms with Crippen LogP contribution in [0.4, 0.5) is 0 Å². The first-order chi connectivity index (χ1) is 8.69. The summed E-state index contributed by atoms with van der Waals surface area (Å²) < 4.78 is 0. The number of halogens is 1. The minimum atomic E-state index is 0.304. The molecule has 1 atom stereocenters. The molecule has 0 aliphatic heterocycles. The third-order valence-electron chi connectivity index (χ3n) is 2.77. The Hall–Kier alpha value is -0.900. The minimum Gasteiger partial charge on any atom is -0.310 e. The maximum Gasteiger partial charge on any atom is 0.0947 e. The Morgan fingerprint density at radius 2 is 2.06 bits per heavy atom. The van der Waals surface area contributed by atoms with Crippen molar-refractivity contribution in [1.29, 1.82) is 0 Å². The summed E-state index contributed by atoms with van der Waals surface area (Å²) in [6.45, 7) is 5.10. The fourth-order valence-electron chi connectivity index (χ4n) is 1.92. The van der Waals surface area contributed by atoms with E-state index in [1.807, 2.05) is 19.1 Å². The van der Waals surface area contributed by atoms with Crippen LogP contribution in [0.15, 0.2) is 29.6 Å². The number of aromatic nitrogens is 1. The molecule has 4 heteroatoms. The lowest BCUT2D eigenvalue weighted by Crippen LogP contribution is -2.22. The van der Waals surface area contributed by atoms with Gasteiger partial charge < -0.3 is 5.32 Å². The number of hydrogen-bond donors (Lipinski definition) is 1. The SMILES string of the molecule is CCNC(Cc1nc(C)cs1)c1ccc(Cl)cc1. The Kier molecular flexibility index (Phi) is 4.75. The Balaban J connectivity index is 2.14. The lowest BCUT2D eigenvalue weighted by atomic mass is 10.0. The fourth-order valence-corrected chi connectivity index (χ4v) is 2.87. The van der Waals surface area contributed by atoms with Crippen LogP contribution >= 0.6 is 22.9 Å². The number of hydrogen-bond acceptors (Lipinski definition) is 3. The molecule has 0 spiro atoms. The molecule has 2 rings (SSSR count). The number of nitrogens with one attached hydrogen (secondary N) is 1. The van der Waals surface area contributed by atoms with Gasteiger partial charge in [0.05, 0.1) is 5.01 Å². The van der Waals surface area contributed by atoms with E-state index >= 15 is 0 Å².